The van der Waals surface area contributed by atoms with Gasteiger partial charge in [0.1, 0.15) is 5.75 Å². The van der Waals surface area contributed by atoms with Gasteiger partial charge in [0, 0.05) is 0 Å². The lowest BCUT2D eigenvalue weighted by molar-refractivity contribution is 0.0600. The molecule has 0 amide bonds. The van der Waals surface area contributed by atoms with Crippen LogP contribution >= 0.6 is 0 Å². The molecule has 0 aliphatic carbocycles. The highest BCUT2D eigenvalue weighted by molar-refractivity contribution is 6.08. The van der Waals surface area contributed by atoms with Crippen molar-refractivity contribution in [3.8, 4) is 5.75 Å². The molecule has 0 saturated heterocycles. The molecular weight excluding hydrogens is 179 g/mol. The van der Waals surface area contributed by atoms with Gasteiger partial charge in [-0.25, -0.2) is 4.79 Å². The maximum atomic E-state index is 11.2. The predicted octanol–water partition coefficient (Wildman–Crippen LogP) is 1.15. The van der Waals surface area contributed by atoms with Crippen molar-refractivity contribution in [1.29, 1.82) is 0 Å². The van der Waals surface area contributed by atoms with E-state index in [0.29, 0.717) is 17.6 Å². The molecule has 0 atom stereocenters. The fourth-order valence-corrected chi connectivity index (χ4v) is 1.16. The second kappa shape index (κ2) is 4.70. The van der Waals surface area contributed by atoms with Crippen LogP contribution in [-0.4, -0.2) is 28.0 Å². The van der Waals surface area contributed by atoms with Crippen LogP contribution in [0.3, 0.4) is 0 Å². The van der Waals surface area contributed by atoms with E-state index in [2.05, 4.69) is 4.74 Å². The molecule has 0 heterocycles. The molecule has 72 valence electrons. The molecule has 0 aromatic heterocycles. The zero-order valence-corrected chi connectivity index (χ0v) is 8.24. The Balaban J connectivity index is 3.07. The normalized spacial score (nSPS) is 9.57. The molecule has 0 spiro atoms. The monoisotopic (exact) mass is 190 g/mol. The third-order valence-electron chi connectivity index (χ3n) is 1.93. The zero-order chi connectivity index (χ0) is 10.6. The molecule has 1 aromatic rings. The number of ether oxygens (including phenoxy) is 2. The van der Waals surface area contributed by atoms with Crippen molar-refractivity contribution in [2.75, 3.05) is 14.2 Å². The van der Waals surface area contributed by atoms with Gasteiger partial charge < -0.3 is 9.47 Å². The van der Waals surface area contributed by atoms with Crippen LogP contribution in [0.15, 0.2) is 18.2 Å². The zero-order valence-electron chi connectivity index (χ0n) is 8.24. The van der Waals surface area contributed by atoms with E-state index in [-0.39, 0.29) is 5.97 Å². The number of hydrogen-bond donors (Lipinski definition) is 0. The van der Waals surface area contributed by atoms with E-state index in [0.717, 1.165) is 5.56 Å². The summed E-state index contributed by atoms with van der Waals surface area (Å²) in [5.41, 5.74) is 1.32. The lowest BCUT2D eigenvalue weighted by atomic mass is 9.95. The minimum absolute atomic E-state index is 0.380. The summed E-state index contributed by atoms with van der Waals surface area (Å²) in [4.78, 5) is 11.2. The van der Waals surface area contributed by atoms with Gasteiger partial charge in [0.15, 0.2) is 0 Å². The number of esters is 1. The molecule has 3 nitrogen and oxygen atoms in total. The number of carbonyl (C=O) groups is 1. The summed E-state index contributed by atoms with van der Waals surface area (Å²) >= 11 is 0. The number of rotatable bonds is 3. The quantitative estimate of drug-likeness (QED) is 0.529. The van der Waals surface area contributed by atoms with Crippen molar-refractivity contribution in [3.63, 3.8) is 0 Å². The Hall–Kier alpha value is -1.45. The third-order valence-corrected chi connectivity index (χ3v) is 1.93. The maximum Gasteiger partial charge on any atom is 0.337 e. The maximum absolute atomic E-state index is 11.2. The van der Waals surface area contributed by atoms with E-state index in [9.17, 15) is 4.79 Å². The number of carbonyl (C=O) groups excluding carboxylic acids is 1. The first-order chi connectivity index (χ1) is 6.72. The van der Waals surface area contributed by atoms with Crippen molar-refractivity contribution in [2.45, 2.75) is 6.32 Å². The van der Waals surface area contributed by atoms with Gasteiger partial charge in [-0.1, -0.05) is 12.4 Å². The molecule has 0 bridgehead atoms. The average molecular weight is 190 g/mol. The lowest BCUT2D eigenvalue weighted by Crippen LogP contribution is -2.02. The van der Waals surface area contributed by atoms with E-state index in [1.165, 1.54) is 14.2 Å². The Morgan fingerprint density at radius 3 is 2.64 bits per heavy atom. The second-order valence-electron chi connectivity index (χ2n) is 2.72. The van der Waals surface area contributed by atoms with E-state index in [1.54, 1.807) is 18.2 Å². The van der Waals surface area contributed by atoms with E-state index < -0.39 is 0 Å². The van der Waals surface area contributed by atoms with E-state index in [1.807, 2.05) is 0 Å². The fourth-order valence-electron chi connectivity index (χ4n) is 1.16. The van der Waals surface area contributed by atoms with Gasteiger partial charge in [0.2, 0.25) is 0 Å². The molecule has 1 aromatic carbocycles. The predicted molar refractivity (Wildman–Crippen MR) is 53.8 cm³/mol. The van der Waals surface area contributed by atoms with Crippen LogP contribution in [-0.2, 0) is 11.1 Å². The molecule has 0 aliphatic rings. The molecule has 1 rings (SSSR count). The van der Waals surface area contributed by atoms with Crippen LogP contribution < -0.4 is 4.74 Å². The smallest absolute Gasteiger partial charge is 0.337 e. The van der Waals surface area contributed by atoms with Crippen LogP contribution in [0, 0.1) is 0 Å². The van der Waals surface area contributed by atoms with Gasteiger partial charge in [-0.2, -0.15) is 0 Å². The Kier molecular flexibility index (Phi) is 3.57. The summed E-state index contributed by atoms with van der Waals surface area (Å²) in [5.74, 6) is 0.224. The molecule has 14 heavy (non-hydrogen) atoms. The summed E-state index contributed by atoms with van der Waals surface area (Å²) in [6, 6.07) is 5.04. The summed E-state index contributed by atoms with van der Waals surface area (Å²) in [6.07, 6.45) is 0.380. The van der Waals surface area contributed by atoms with Gasteiger partial charge in [-0.15, -0.1) is 0 Å². The molecular formula is C10H11BO3. The average Bonchev–Trinajstić information content (AvgIpc) is 2.26. The van der Waals surface area contributed by atoms with Gasteiger partial charge in [-0.3, -0.25) is 0 Å². The van der Waals surface area contributed by atoms with E-state index in [4.69, 9.17) is 12.6 Å². The molecule has 0 N–H and O–H groups in total. The van der Waals surface area contributed by atoms with Gasteiger partial charge >= 0.3 is 5.97 Å². The molecule has 0 aliphatic heterocycles. The van der Waals surface area contributed by atoms with Crippen molar-refractivity contribution in [1.82, 2.24) is 0 Å². The Bertz CT molecular complexity index is 336. The lowest BCUT2D eigenvalue weighted by Gasteiger charge is -2.08. The van der Waals surface area contributed by atoms with Gasteiger partial charge in [0.25, 0.3) is 0 Å². The van der Waals surface area contributed by atoms with Gasteiger partial charge in [-0.05, 0) is 17.7 Å². The van der Waals surface area contributed by atoms with Crippen LogP contribution in [0.5, 0.6) is 5.75 Å². The number of hydrogen-bond acceptors (Lipinski definition) is 3. The van der Waals surface area contributed by atoms with Crippen LogP contribution in [0.4, 0.5) is 0 Å². The SMILES string of the molecule is [B]Cc1ccc(C(=O)OC)cc1OC. The summed E-state index contributed by atoms with van der Waals surface area (Å²) < 4.78 is 9.67. The number of methoxy groups -OCH3 is 2. The Labute approximate surface area is 84.4 Å². The summed E-state index contributed by atoms with van der Waals surface area (Å²) in [7, 11) is 8.36. The van der Waals surface area contributed by atoms with Crippen molar-refractivity contribution >= 4 is 13.8 Å². The second-order valence-corrected chi connectivity index (χ2v) is 2.72. The van der Waals surface area contributed by atoms with Crippen LogP contribution in [0.2, 0.25) is 0 Å². The van der Waals surface area contributed by atoms with Gasteiger partial charge in [0.05, 0.1) is 27.6 Å². The van der Waals surface area contributed by atoms with Crippen molar-refractivity contribution < 1.29 is 14.3 Å². The van der Waals surface area contributed by atoms with E-state index >= 15 is 0 Å². The minimum atomic E-state index is -0.383. The standard InChI is InChI=1S/C10H11BO3/c1-13-9-5-7(10(12)14-2)3-4-8(9)6-11/h3-5H,6H2,1-2H3. The number of benzene rings is 1. The highest BCUT2D eigenvalue weighted by atomic mass is 16.5. The largest absolute Gasteiger partial charge is 0.496 e. The van der Waals surface area contributed by atoms with Crippen molar-refractivity contribution in [3.05, 3.63) is 29.3 Å². The molecule has 0 saturated carbocycles. The molecule has 0 unspecified atom stereocenters. The summed E-state index contributed by atoms with van der Waals surface area (Å²) in [6.45, 7) is 0. The molecule has 2 radical (unpaired) electrons. The Morgan fingerprint density at radius 1 is 1.43 bits per heavy atom. The topological polar surface area (TPSA) is 35.5 Å². The molecule has 0 fully saturated rings. The van der Waals surface area contributed by atoms with Crippen LogP contribution in [0.25, 0.3) is 0 Å². The first-order valence-corrected chi connectivity index (χ1v) is 4.18. The first kappa shape index (κ1) is 10.6. The van der Waals surface area contributed by atoms with Crippen LogP contribution in [0.1, 0.15) is 15.9 Å². The Morgan fingerprint density at radius 2 is 2.14 bits per heavy atom. The summed E-state index contributed by atoms with van der Waals surface area (Å²) in [5, 5.41) is 0. The van der Waals surface area contributed by atoms with Crippen molar-refractivity contribution in [2.24, 2.45) is 0 Å². The first-order valence-electron chi connectivity index (χ1n) is 4.18. The minimum Gasteiger partial charge on any atom is -0.496 e. The highest BCUT2D eigenvalue weighted by Crippen LogP contribution is 2.20. The third kappa shape index (κ3) is 2.07. The highest BCUT2D eigenvalue weighted by Gasteiger charge is 2.08. The molecule has 4 heteroatoms. The fraction of sp³-hybridized carbons (Fsp3) is 0.300.